The number of nitrogens with one attached hydrogen (secondary N) is 2. The van der Waals surface area contributed by atoms with E-state index in [0.717, 1.165) is 0 Å². The van der Waals surface area contributed by atoms with E-state index >= 15 is 0 Å². The Bertz CT molecular complexity index is 1190. The van der Waals surface area contributed by atoms with Gasteiger partial charge in [0.2, 0.25) is 0 Å². The molecular weight excluding hydrogens is 407 g/mol. The van der Waals surface area contributed by atoms with Crippen molar-refractivity contribution >= 4 is 27.3 Å². The van der Waals surface area contributed by atoms with Gasteiger partial charge in [-0.1, -0.05) is 12.1 Å². The zero-order valence-electron chi connectivity index (χ0n) is 16.7. The van der Waals surface area contributed by atoms with Crippen molar-refractivity contribution < 1.29 is 22.3 Å². The normalized spacial score (nSPS) is 11.1. The number of ether oxygens (including phenoxy) is 1. The first-order valence-corrected chi connectivity index (χ1v) is 10.5. The fourth-order valence-corrected chi connectivity index (χ4v) is 3.89. The van der Waals surface area contributed by atoms with Crippen LogP contribution in [0.4, 0.5) is 15.8 Å². The first kappa shape index (κ1) is 21.3. The van der Waals surface area contributed by atoms with Gasteiger partial charge in [-0.25, -0.2) is 12.8 Å². The van der Waals surface area contributed by atoms with Crippen LogP contribution in [-0.4, -0.2) is 21.4 Å². The lowest BCUT2D eigenvalue weighted by molar-refractivity contribution is 0.102. The van der Waals surface area contributed by atoms with Crippen LogP contribution in [0, 0.1) is 19.7 Å². The average Bonchev–Trinajstić information content (AvgIpc) is 2.71. The third kappa shape index (κ3) is 4.77. The number of hydrogen-bond donors (Lipinski definition) is 2. The molecule has 0 unspecified atom stereocenters. The first-order valence-electron chi connectivity index (χ1n) is 9.04. The van der Waals surface area contributed by atoms with Crippen molar-refractivity contribution in [2.45, 2.75) is 18.7 Å². The van der Waals surface area contributed by atoms with E-state index in [2.05, 4.69) is 10.0 Å². The number of amides is 1. The standard InChI is InChI=1S/C22H21FN2O4S/c1-14-5-11-19(30(27,28)25-17-7-9-18(29-3)10-8-17)13-20(14)22(26)24-21-12-16(23)6-4-15(21)2/h4-13,25H,1-3H3,(H,24,26). The third-order valence-corrected chi connectivity index (χ3v) is 5.93. The number of anilines is 2. The molecule has 3 aromatic carbocycles. The second-order valence-corrected chi connectivity index (χ2v) is 8.41. The summed E-state index contributed by atoms with van der Waals surface area (Å²) >= 11 is 0. The first-order chi connectivity index (χ1) is 14.2. The van der Waals surface area contributed by atoms with E-state index in [1.807, 2.05) is 0 Å². The van der Waals surface area contributed by atoms with Crippen LogP contribution in [0.25, 0.3) is 0 Å². The van der Waals surface area contributed by atoms with E-state index in [9.17, 15) is 17.6 Å². The van der Waals surface area contributed by atoms with Crippen LogP contribution in [-0.2, 0) is 10.0 Å². The molecule has 0 aliphatic rings. The van der Waals surface area contributed by atoms with Gasteiger partial charge in [0.15, 0.2) is 0 Å². The number of sulfonamides is 1. The van der Waals surface area contributed by atoms with Crippen molar-refractivity contribution in [2.24, 2.45) is 0 Å². The van der Waals surface area contributed by atoms with E-state index in [1.54, 1.807) is 50.2 Å². The number of carbonyl (C=O) groups is 1. The van der Waals surface area contributed by atoms with Crippen molar-refractivity contribution in [3.05, 3.63) is 83.2 Å². The Morgan fingerprint density at radius 3 is 2.27 bits per heavy atom. The fraction of sp³-hybridized carbons (Fsp3) is 0.136. The lowest BCUT2D eigenvalue weighted by atomic mass is 10.1. The van der Waals surface area contributed by atoms with Crippen LogP contribution >= 0.6 is 0 Å². The number of rotatable bonds is 6. The summed E-state index contributed by atoms with van der Waals surface area (Å²) in [6, 6.07) is 14.8. The lowest BCUT2D eigenvalue weighted by Crippen LogP contribution is -2.17. The summed E-state index contributed by atoms with van der Waals surface area (Å²) in [6.07, 6.45) is 0. The van der Waals surface area contributed by atoms with Gasteiger partial charge in [0.1, 0.15) is 11.6 Å². The molecule has 0 bridgehead atoms. The summed E-state index contributed by atoms with van der Waals surface area (Å²) in [7, 11) is -2.41. The molecule has 156 valence electrons. The quantitative estimate of drug-likeness (QED) is 0.605. The van der Waals surface area contributed by atoms with Crippen LogP contribution in [0.2, 0.25) is 0 Å². The molecule has 3 rings (SSSR count). The molecule has 3 aromatic rings. The molecule has 30 heavy (non-hydrogen) atoms. The number of hydrogen-bond acceptors (Lipinski definition) is 4. The minimum Gasteiger partial charge on any atom is -0.497 e. The van der Waals surface area contributed by atoms with Gasteiger partial charge in [-0.05, 0) is 73.5 Å². The molecule has 0 aromatic heterocycles. The summed E-state index contributed by atoms with van der Waals surface area (Å²) < 4.78 is 46.6. The molecule has 0 fully saturated rings. The van der Waals surface area contributed by atoms with E-state index in [1.165, 1.54) is 31.4 Å². The highest BCUT2D eigenvalue weighted by atomic mass is 32.2. The van der Waals surface area contributed by atoms with Crippen molar-refractivity contribution in [2.75, 3.05) is 17.1 Å². The van der Waals surface area contributed by atoms with Crippen molar-refractivity contribution in [1.29, 1.82) is 0 Å². The van der Waals surface area contributed by atoms with Gasteiger partial charge in [0.25, 0.3) is 15.9 Å². The number of carbonyl (C=O) groups excluding carboxylic acids is 1. The van der Waals surface area contributed by atoms with E-state index in [0.29, 0.717) is 28.3 Å². The van der Waals surface area contributed by atoms with Gasteiger partial charge >= 0.3 is 0 Å². The van der Waals surface area contributed by atoms with Gasteiger partial charge in [-0.15, -0.1) is 0 Å². The summed E-state index contributed by atoms with van der Waals surface area (Å²) in [5.74, 6) is -0.407. The molecule has 0 aliphatic heterocycles. The maximum Gasteiger partial charge on any atom is 0.261 e. The monoisotopic (exact) mass is 428 g/mol. The number of aryl methyl sites for hydroxylation is 2. The molecule has 8 heteroatoms. The zero-order chi connectivity index (χ0) is 21.9. The number of methoxy groups -OCH3 is 1. The molecule has 0 aliphatic carbocycles. The third-order valence-electron chi connectivity index (χ3n) is 4.55. The number of benzene rings is 3. The van der Waals surface area contributed by atoms with Crippen molar-refractivity contribution in [3.63, 3.8) is 0 Å². The second kappa shape index (κ2) is 8.54. The predicted molar refractivity (Wildman–Crippen MR) is 114 cm³/mol. The predicted octanol–water partition coefficient (Wildman–Crippen LogP) is 4.50. The van der Waals surface area contributed by atoms with Gasteiger partial charge in [0.05, 0.1) is 12.0 Å². The molecule has 1 amide bonds. The Hall–Kier alpha value is -3.39. The van der Waals surface area contributed by atoms with Crippen LogP contribution < -0.4 is 14.8 Å². The smallest absolute Gasteiger partial charge is 0.261 e. The van der Waals surface area contributed by atoms with Gasteiger partial charge in [0, 0.05) is 16.9 Å². The van der Waals surface area contributed by atoms with E-state index < -0.39 is 21.7 Å². The van der Waals surface area contributed by atoms with Crippen LogP contribution in [0.1, 0.15) is 21.5 Å². The summed E-state index contributed by atoms with van der Waals surface area (Å²) in [5.41, 5.74) is 2.13. The van der Waals surface area contributed by atoms with Crippen LogP contribution in [0.5, 0.6) is 5.75 Å². The molecule has 0 radical (unpaired) electrons. The zero-order valence-corrected chi connectivity index (χ0v) is 17.5. The fourth-order valence-electron chi connectivity index (χ4n) is 2.80. The van der Waals surface area contributed by atoms with Gasteiger partial charge in [-0.3, -0.25) is 9.52 Å². The van der Waals surface area contributed by atoms with E-state index in [4.69, 9.17) is 4.74 Å². The summed E-state index contributed by atoms with van der Waals surface area (Å²) in [4.78, 5) is 12.7. The average molecular weight is 428 g/mol. The van der Waals surface area contributed by atoms with Crippen LogP contribution in [0.15, 0.2) is 65.6 Å². The lowest BCUT2D eigenvalue weighted by Gasteiger charge is -2.13. The van der Waals surface area contributed by atoms with Gasteiger partial charge < -0.3 is 10.1 Å². The topological polar surface area (TPSA) is 84.5 Å². The van der Waals surface area contributed by atoms with Crippen molar-refractivity contribution in [3.8, 4) is 5.75 Å². The Balaban J connectivity index is 1.87. The van der Waals surface area contributed by atoms with Crippen LogP contribution in [0.3, 0.4) is 0 Å². The molecule has 0 atom stereocenters. The molecule has 0 saturated carbocycles. The Labute approximate surface area is 174 Å². The van der Waals surface area contributed by atoms with Crippen molar-refractivity contribution in [1.82, 2.24) is 0 Å². The molecule has 0 heterocycles. The molecule has 0 spiro atoms. The molecular formula is C22H21FN2O4S. The highest BCUT2D eigenvalue weighted by molar-refractivity contribution is 7.92. The summed E-state index contributed by atoms with van der Waals surface area (Å²) in [6.45, 7) is 3.43. The minimum absolute atomic E-state index is 0.0648. The Morgan fingerprint density at radius 1 is 0.933 bits per heavy atom. The highest BCUT2D eigenvalue weighted by Crippen LogP contribution is 2.23. The van der Waals surface area contributed by atoms with Gasteiger partial charge in [-0.2, -0.15) is 0 Å². The Kier molecular flexibility index (Phi) is 6.07. The largest absolute Gasteiger partial charge is 0.497 e. The molecule has 0 saturated heterocycles. The highest BCUT2D eigenvalue weighted by Gasteiger charge is 2.19. The number of halogens is 1. The maximum atomic E-state index is 13.5. The molecule has 2 N–H and O–H groups in total. The second-order valence-electron chi connectivity index (χ2n) is 6.72. The maximum absolute atomic E-state index is 13.5. The Morgan fingerprint density at radius 2 is 1.60 bits per heavy atom. The minimum atomic E-state index is -3.92. The molecule has 6 nitrogen and oxygen atoms in total. The van der Waals surface area contributed by atoms with E-state index in [-0.39, 0.29) is 10.5 Å². The SMILES string of the molecule is COc1ccc(NS(=O)(=O)c2ccc(C)c(C(=O)Nc3cc(F)ccc3C)c2)cc1. The summed E-state index contributed by atoms with van der Waals surface area (Å²) in [5, 5.41) is 2.64.